The molecule has 1 aliphatic rings. The fourth-order valence-corrected chi connectivity index (χ4v) is 1.80. The number of aliphatic hydroxyl groups is 1. The number of carboxylic acids is 1. The van der Waals surface area contributed by atoms with Crippen molar-refractivity contribution in [1.82, 2.24) is 0 Å². The van der Waals surface area contributed by atoms with Crippen LogP contribution in [-0.2, 0) is 4.79 Å². The molecule has 70 valence electrons. The summed E-state index contributed by atoms with van der Waals surface area (Å²) in [5.74, 6) is -0.811. The van der Waals surface area contributed by atoms with Crippen molar-refractivity contribution in [3.63, 3.8) is 0 Å². The molecule has 0 radical (unpaired) electrons. The summed E-state index contributed by atoms with van der Waals surface area (Å²) in [5, 5.41) is 18.3. The van der Waals surface area contributed by atoms with Gasteiger partial charge in [-0.2, -0.15) is 0 Å². The van der Waals surface area contributed by atoms with Crippen LogP contribution in [0.5, 0.6) is 0 Å². The van der Waals surface area contributed by atoms with E-state index in [-0.39, 0.29) is 6.42 Å². The van der Waals surface area contributed by atoms with Gasteiger partial charge < -0.3 is 10.2 Å². The van der Waals surface area contributed by atoms with E-state index in [4.69, 9.17) is 5.11 Å². The van der Waals surface area contributed by atoms with Gasteiger partial charge in [0.25, 0.3) is 0 Å². The van der Waals surface area contributed by atoms with Crippen LogP contribution in [0.15, 0.2) is 0 Å². The van der Waals surface area contributed by atoms with Crippen LogP contribution in [-0.4, -0.2) is 21.8 Å². The van der Waals surface area contributed by atoms with Crippen LogP contribution in [0.25, 0.3) is 0 Å². The maximum absolute atomic E-state index is 10.3. The summed E-state index contributed by atoms with van der Waals surface area (Å²) >= 11 is 0. The van der Waals surface area contributed by atoms with E-state index in [0.29, 0.717) is 6.42 Å². The number of carboxylic acid groups (broad SMARTS) is 1. The molecule has 0 unspecified atom stereocenters. The average molecular weight is 172 g/mol. The van der Waals surface area contributed by atoms with Gasteiger partial charge in [0.2, 0.25) is 0 Å². The van der Waals surface area contributed by atoms with Crippen LogP contribution >= 0.6 is 0 Å². The first-order valence-corrected chi connectivity index (χ1v) is 4.57. The van der Waals surface area contributed by atoms with Crippen molar-refractivity contribution < 1.29 is 15.0 Å². The third-order valence-corrected chi connectivity index (χ3v) is 2.59. The van der Waals surface area contributed by atoms with E-state index in [1.807, 2.05) is 0 Å². The molecule has 0 bridgehead atoms. The van der Waals surface area contributed by atoms with Gasteiger partial charge in [-0.05, 0) is 19.3 Å². The molecular formula is C9H16O3. The predicted molar refractivity (Wildman–Crippen MR) is 44.9 cm³/mol. The Kier molecular flexibility index (Phi) is 3.09. The minimum absolute atomic E-state index is 0.0937. The lowest BCUT2D eigenvalue weighted by Gasteiger charge is -2.31. The second-order valence-corrected chi connectivity index (χ2v) is 3.68. The Morgan fingerprint density at radius 3 is 2.33 bits per heavy atom. The summed E-state index contributed by atoms with van der Waals surface area (Å²) < 4.78 is 0. The second kappa shape index (κ2) is 3.90. The first kappa shape index (κ1) is 9.52. The zero-order valence-electron chi connectivity index (χ0n) is 7.25. The molecule has 3 heteroatoms. The largest absolute Gasteiger partial charge is 0.481 e. The van der Waals surface area contributed by atoms with Crippen LogP contribution in [0.1, 0.15) is 44.9 Å². The molecule has 1 rings (SSSR count). The van der Waals surface area contributed by atoms with Gasteiger partial charge in [0.05, 0.1) is 5.60 Å². The van der Waals surface area contributed by atoms with Crippen LogP contribution in [0.4, 0.5) is 0 Å². The highest BCUT2D eigenvalue weighted by molar-refractivity contribution is 5.66. The number of hydrogen-bond donors (Lipinski definition) is 2. The highest BCUT2D eigenvalue weighted by Crippen LogP contribution is 2.31. The van der Waals surface area contributed by atoms with Crippen molar-refractivity contribution in [2.75, 3.05) is 0 Å². The topological polar surface area (TPSA) is 57.5 Å². The van der Waals surface area contributed by atoms with Crippen molar-refractivity contribution in [3.05, 3.63) is 0 Å². The van der Waals surface area contributed by atoms with E-state index in [1.165, 1.54) is 6.42 Å². The van der Waals surface area contributed by atoms with Gasteiger partial charge in [-0.15, -0.1) is 0 Å². The van der Waals surface area contributed by atoms with E-state index in [1.54, 1.807) is 0 Å². The van der Waals surface area contributed by atoms with Gasteiger partial charge in [0.15, 0.2) is 0 Å². The Balaban J connectivity index is 2.31. The smallest absolute Gasteiger partial charge is 0.303 e. The van der Waals surface area contributed by atoms with Crippen LogP contribution in [0.3, 0.4) is 0 Å². The van der Waals surface area contributed by atoms with Crippen LogP contribution in [0.2, 0.25) is 0 Å². The Bertz CT molecular complexity index is 159. The Labute approximate surface area is 72.4 Å². The lowest BCUT2D eigenvalue weighted by molar-refractivity contribution is -0.138. The molecule has 0 aliphatic heterocycles. The van der Waals surface area contributed by atoms with Crippen molar-refractivity contribution in [2.24, 2.45) is 0 Å². The molecule has 12 heavy (non-hydrogen) atoms. The highest BCUT2D eigenvalue weighted by Gasteiger charge is 2.29. The normalized spacial score (nSPS) is 22.1. The second-order valence-electron chi connectivity index (χ2n) is 3.68. The quantitative estimate of drug-likeness (QED) is 0.679. The molecule has 0 aromatic rings. The van der Waals surface area contributed by atoms with Crippen LogP contribution < -0.4 is 0 Å². The first-order valence-electron chi connectivity index (χ1n) is 4.57. The Hall–Kier alpha value is -0.570. The van der Waals surface area contributed by atoms with E-state index in [2.05, 4.69) is 0 Å². The molecule has 0 aromatic heterocycles. The summed E-state index contributed by atoms with van der Waals surface area (Å²) in [6, 6.07) is 0. The van der Waals surface area contributed by atoms with Gasteiger partial charge in [-0.1, -0.05) is 19.3 Å². The third kappa shape index (κ3) is 2.81. The molecule has 0 atom stereocenters. The summed E-state index contributed by atoms with van der Waals surface area (Å²) in [5.41, 5.74) is -0.670. The SMILES string of the molecule is O=C(O)CCC1(O)CCCCC1. The van der Waals surface area contributed by atoms with E-state index >= 15 is 0 Å². The summed E-state index contributed by atoms with van der Waals surface area (Å²) in [4.78, 5) is 10.3. The van der Waals surface area contributed by atoms with E-state index in [9.17, 15) is 9.90 Å². The average Bonchev–Trinajstić information content (AvgIpc) is 2.03. The Morgan fingerprint density at radius 2 is 1.83 bits per heavy atom. The van der Waals surface area contributed by atoms with Gasteiger partial charge in [-0.3, -0.25) is 4.79 Å². The molecule has 0 spiro atoms. The fourth-order valence-electron chi connectivity index (χ4n) is 1.80. The zero-order chi connectivity index (χ0) is 9.03. The maximum Gasteiger partial charge on any atom is 0.303 e. The monoisotopic (exact) mass is 172 g/mol. The van der Waals surface area contributed by atoms with Crippen molar-refractivity contribution >= 4 is 5.97 Å². The molecule has 0 amide bonds. The standard InChI is InChI=1S/C9H16O3/c10-8(11)4-7-9(12)5-2-1-3-6-9/h12H,1-7H2,(H,10,11). The maximum atomic E-state index is 10.3. The highest BCUT2D eigenvalue weighted by atomic mass is 16.4. The molecule has 1 saturated carbocycles. The van der Waals surface area contributed by atoms with Crippen molar-refractivity contribution in [1.29, 1.82) is 0 Å². The Morgan fingerprint density at radius 1 is 1.25 bits per heavy atom. The summed E-state index contributed by atoms with van der Waals surface area (Å²) in [6.07, 6.45) is 5.32. The third-order valence-electron chi connectivity index (χ3n) is 2.59. The molecule has 3 nitrogen and oxygen atoms in total. The fraction of sp³-hybridized carbons (Fsp3) is 0.889. The van der Waals surface area contributed by atoms with E-state index in [0.717, 1.165) is 25.7 Å². The minimum atomic E-state index is -0.811. The van der Waals surface area contributed by atoms with Gasteiger partial charge in [0, 0.05) is 6.42 Å². The molecular weight excluding hydrogens is 156 g/mol. The molecule has 1 fully saturated rings. The van der Waals surface area contributed by atoms with Crippen LogP contribution in [0, 0.1) is 0 Å². The minimum Gasteiger partial charge on any atom is -0.481 e. The summed E-state index contributed by atoms with van der Waals surface area (Å²) in [7, 11) is 0. The predicted octanol–water partition coefficient (Wildman–Crippen LogP) is 1.55. The van der Waals surface area contributed by atoms with E-state index < -0.39 is 11.6 Å². The lowest BCUT2D eigenvalue weighted by Crippen LogP contribution is -2.31. The number of aliphatic carboxylic acids is 1. The number of carbonyl (C=O) groups is 1. The zero-order valence-corrected chi connectivity index (χ0v) is 7.25. The number of rotatable bonds is 3. The molecule has 2 N–H and O–H groups in total. The molecule has 0 aromatic carbocycles. The summed E-state index contributed by atoms with van der Waals surface area (Å²) in [6.45, 7) is 0. The van der Waals surface area contributed by atoms with Gasteiger partial charge in [-0.25, -0.2) is 0 Å². The van der Waals surface area contributed by atoms with Crippen molar-refractivity contribution in [3.8, 4) is 0 Å². The van der Waals surface area contributed by atoms with Gasteiger partial charge >= 0.3 is 5.97 Å². The molecule has 0 saturated heterocycles. The van der Waals surface area contributed by atoms with Crippen molar-refractivity contribution in [2.45, 2.75) is 50.5 Å². The van der Waals surface area contributed by atoms with Gasteiger partial charge in [0.1, 0.15) is 0 Å². The lowest BCUT2D eigenvalue weighted by atomic mass is 9.82. The molecule has 1 aliphatic carbocycles. The first-order chi connectivity index (χ1) is 5.62. The molecule has 0 heterocycles. The number of hydrogen-bond acceptors (Lipinski definition) is 2.